The third kappa shape index (κ3) is 3.96. The van der Waals surface area contributed by atoms with Crippen molar-refractivity contribution in [1.29, 1.82) is 0 Å². The van der Waals surface area contributed by atoms with Crippen molar-refractivity contribution in [2.24, 2.45) is 5.92 Å². The van der Waals surface area contributed by atoms with Gasteiger partial charge < -0.3 is 15.3 Å². The molecule has 6 heteroatoms. The van der Waals surface area contributed by atoms with Crippen LogP contribution in [0, 0.1) is 5.92 Å². The molecule has 1 aromatic rings. The predicted molar refractivity (Wildman–Crippen MR) is 78.3 cm³/mol. The largest absolute Gasteiger partial charge is 0.481 e. The number of nitrogens with one attached hydrogen (secondary N) is 1. The Balaban J connectivity index is 1.87. The maximum atomic E-state index is 12.0. The van der Waals surface area contributed by atoms with Crippen LogP contribution in [0.2, 0.25) is 0 Å². The summed E-state index contributed by atoms with van der Waals surface area (Å²) < 4.78 is 0.966. The van der Waals surface area contributed by atoms with Gasteiger partial charge in [-0.1, -0.05) is 28.1 Å². The van der Waals surface area contributed by atoms with Gasteiger partial charge in [0, 0.05) is 24.1 Å². The smallest absolute Gasteiger partial charge is 0.317 e. The molecule has 1 fully saturated rings. The molecule has 0 bridgehead atoms. The van der Waals surface area contributed by atoms with Crippen molar-refractivity contribution in [2.75, 3.05) is 13.1 Å². The van der Waals surface area contributed by atoms with Crippen molar-refractivity contribution in [3.8, 4) is 0 Å². The van der Waals surface area contributed by atoms with Crippen LogP contribution in [0.4, 0.5) is 4.79 Å². The van der Waals surface area contributed by atoms with Gasteiger partial charge in [0.15, 0.2) is 0 Å². The van der Waals surface area contributed by atoms with Gasteiger partial charge in [-0.15, -0.1) is 0 Å². The highest BCUT2D eigenvalue weighted by atomic mass is 79.9. The first-order chi connectivity index (χ1) is 9.56. The van der Waals surface area contributed by atoms with Gasteiger partial charge in [0.05, 0.1) is 5.92 Å². The molecule has 0 aromatic heterocycles. The molecule has 5 nitrogen and oxygen atoms in total. The fourth-order valence-electron chi connectivity index (χ4n) is 2.30. The number of carbonyl (C=O) groups is 2. The van der Waals surface area contributed by atoms with Crippen LogP contribution >= 0.6 is 15.9 Å². The summed E-state index contributed by atoms with van der Waals surface area (Å²) in [5, 5.41) is 11.8. The van der Waals surface area contributed by atoms with Crippen LogP contribution in [0.1, 0.15) is 18.4 Å². The molecule has 2 rings (SSSR count). The summed E-state index contributed by atoms with van der Waals surface area (Å²) in [4.78, 5) is 24.6. The second-order valence-corrected chi connectivity index (χ2v) is 5.83. The maximum Gasteiger partial charge on any atom is 0.317 e. The SMILES string of the molecule is O=C(O)[C@H]1CCCN(C(=O)NCc2cccc(Br)c2)C1. The molecule has 2 N–H and O–H groups in total. The van der Waals surface area contributed by atoms with E-state index < -0.39 is 11.9 Å². The van der Waals surface area contributed by atoms with Crippen LogP contribution in [0.15, 0.2) is 28.7 Å². The van der Waals surface area contributed by atoms with Gasteiger partial charge in [-0.3, -0.25) is 4.79 Å². The Morgan fingerprint density at radius 2 is 2.25 bits per heavy atom. The Morgan fingerprint density at radius 1 is 1.45 bits per heavy atom. The molecule has 0 saturated carbocycles. The van der Waals surface area contributed by atoms with Crippen LogP contribution in [0.3, 0.4) is 0 Å². The molecule has 20 heavy (non-hydrogen) atoms. The fraction of sp³-hybridized carbons (Fsp3) is 0.429. The summed E-state index contributed by atoms with van der Waals surface area (Å²) in [5.74, 6) is -1.27. The van der Waals surface area contributed by atoms with E-state index in [0.29, 0.717) is 26.1 Å². The first kappa shape index (κ1) is 14.8. The highest BCUT2D eigenvalue weighted by Crippen LogP contribution is 2.17. The lowest BCUT2D eigenvalue weighted by atomic mass is 9.99. The maximum absolute atomic E-state index is 12.0. The average molecular weight is 341 g/mol. The monoisotopic (exact) mass is 340 g/mol. The number of carboxylic acids is 1. The van der Waals surface area contributed by atoms with Gasteiger partial charge in [-0.2, -0.15) is 0 Å². The third-order valence-electron chi connectivity index (χ3n) is 3.39. The third-order valence-corrected chi connectivity index (χ3v) is 3.88. The molecule has 1 heterocycles. The number of urea groups is 1. The highest BCUT2D eigenvalue weighted by Gasteiger charge is 2.27. The summed E-state index contributed by atoms with van der Waals surface area (Å²) in [7, 11) is 0. The van der Waals surface area contributed by atoms with Gasteiger partial charge in [0.2, 0.25) is 0 Å². The molecule has 108 valence electrons. The number of aliphatic carboxylic acids is 1. The minimum Gasteiger partial charge on any atom is -0.481 e. The van der Waals surface area contributed by atoms with Crippen LogP contribution in [0.5, 0.6) is 0 Å². The number of piperidine rings is 1. The van der Waals surface area contributed by atoms with Gasteiger partial charge in [0.1, 0.15) is 0 Å². The quantitative estimate of drug-likeness (QED) is 0.887. The molecular formula is C14H17BrN2O3. The van der Waals surface area contributed by atoms with Crippen LogP contribution in [0.25, 0.3) is 0 Å². The molecule has 2 amide bonds. The summed E-state index contributed by atoms with van der Waals surface area (Å²) in [6.07, 6.45) is 1.38. The van der Waals surface area contributed by atoms with Crippen LogP contribution < -0.4 is 5.32 Å². The molecular weight excluding hydrogens is 324 g/mol. The second-order valence-electron chi connectivity index (χ2n) is 4.91. The number of halogens is 1. The zero-order chi connectivity index (χ0) is 14.5. The molecule has 1 aliphatic rings. The van der Waals surface area contributed by atoms with E-state index in [1.165, 1.54) is 0 Å². The van der Waals surface area contributed by atoms with Gasteiger partial charge in [-0.25, -0.2) is 4.79 Å². The first-order valence-electron chi connectivity index (χ1n) is 6.56. The second kappa shape index (κ2) is 6.74. The van der Waals surface area contributed by atoms with Gasteiger partial charge in [-0.05, 0) is 30.5 Å². The Labute approximate surface area is 126 Å². The van der Waals surface area contributed by atoms with Crippen molar-refractivity contribution in [3.05, 3.63) is 34.3 Å². The molecule has 1 aromatic carbocycles. The number of carbonyl (C=O) groups excluding carboxylic acids is 1. The molecule has 0 spiro atoms. The molecule has 0 aliphatic carbocycles. The van der Waals surface area contributed by atoms with Crippen molar-refractivity contribution >= 4 is 27.9 Å². The lowest BCUT2D eigenvalue weighted by Crippen LogP contribution is -2.46. The van der Waals surface area contributed by atoms with Crippen LogP contribution in [-0.4, -0.2) is 35.1 Å². The Hall–Kier alpha value is -1.56. The summed E-state index contributed by atoms with van der Waals surface area (Å²) in [5.41, 5.74) is 1.000. The standard InChI is InChI=1S/C14H17BrN2O3/c15-12-5-1-3-10(7-12)8-16-14(20)17-6-2-4-11(9-17)13(18)19/h1,3,5,7,11H,2,4,6,8-9H2,(H,16,20)(H,18,19)/t11-/m0/s1. The lowest BCUT2D eigenvalue weighted by Gasteiger charge is -2.30. The molecule has 1 aliphatic heterocycles. The van der Waals surface area contributed by atoms with E-state index in [4.69, 9.17) is 5.11 Å². The number of rotatable bonds is 3. The molecule has 0 unspecified atom stereocenters. The lowest BCUT2D eigenvalue weighted by molar-refractivity contribution is -0.143. The minimum absolute atomic E-state index is 0.198. The average Bonchev–Trinajstić information content (AvgIpc) is 2.45. The summed E-state index contributed by atoms with van der Waals surface area (Å²) in [6.45, 7) is 1.35. The van der Waals surface area contributed by atoms with Crippen molar-refractivity contribution in [1.82, 2.24) is 10.2 Å². The first-order valence-corrected chi connectivity index (χ1v) is 7.35. The molecule has 1 atom stereocenters. The van der Waals surface area contributed by atoms with E-state index in [1.807, 2.05) is 24.3 Å². The number of hydrogen-bond acceptors (Lipinski definition) is 2. The van der Waals surface area contributed by atoms with E-state index in [2.05, 4.69) is 21.2 Å². The van der Waals surface area contributed by atoms with Gasteiger partial charge >= 0.3 is 12.0 Å². The molecule has 1 saturated heterocycles. The van der Waals surface area contributed by atoms with E-state index in [0.717, 1.165) is 16.5 Å². The van der Waals surface area contributed by atoms with Crippen molar-refractivity contribution in [2.45, 2.75) is 19.4 Å². The zero-order valence-corrected chi connectivity index (χ0v) is 12.6. The fourth-order valence-corrected chi connectivity index (χ4v) is 2.75. The molecule has 0 radical (unpaired) electrons. The predicted octanol–water partition coefficient (Wildman–Crippen LogP) is 2.46. The van der Waals surface area contributed by atoms with Gasteiger partial charge in [0.25, 0.3) is 0 Å². The van der Waals surface area contributed by atoms with Crippen LogP contribution in [-0.2, 0) is 11.3 Å². The van der Waals surface area contributed by atoms with E-state index >= 15 is 0 Å². The zero-order valence-electron chi connectivity index (χ0n) is 11.0. The Morgan fingerprint density at radius 3 is 2.95 bits per heavy atom. The Kier molecular flexibility index (Phi) is 5.00. The number of likely N-dealkylation sites (tertiary alicyclic amines) is 1. The minimum atomic E-state index is -0.825. The topological polar surface area (TPSA) is 69.6 Å². The number of benzene rings is 1. The van der Waals surface area contributed by atoms with E-state index in [9.17, 15) is 9.59 Å². The number of amides is 2. The number of hydrogen-bond donors (Lipinski definition) is 2. The highest BCUT2D eigenvalue weighted by molar-refractivity contribution is 9.10. The summed E-state index contributed by atoms with van der Waals surface area (Å²) in [6, 6.07) is 7.51. The van der Waals surface area contributed by atoms with Crippen molar-refractivity contribution < 1.29 is 14.7 Å². The Bertz CT molecular complexity index is 507. The normalized spacial score (nSPS) is 18.6. The number of carboxylic acid groups (broad SMARTS) is 1. The van der Waals surface area contributed by atoms with Crippen molar-refractivity contribution in [3.63, 3.8) is 0 Å². The van der Waals surface area contributed by atoms with E-state index in [-0.39, 0.29) is 6.03 Å². The summed E-state index contributed by atoms with van der Waals surface area (Å²) >= 11 is 3.38. The number of nitrogens with zero attached hydrogens (tertiary/aromatic N) is 1. The van der Waals surface area contributed by atoms with E-state index in [1.54, 1.807) is 4.90 Å².